The molecule has 0 radical (unpaired) electrons. The summed E-state index contributed by atoms with van der Waals surface area (Å²) in [4.78, 5) is 0. The van der Waals surface area contributed by atoms with Crippen molar-refractivity contribution >= 4 is 0 Å². The maximum atomic E-state index is 5.38. The summed E-state index contributed by atoms with van der Waals surface area (Å²) < 4.78 is 5.17. The van der Waals surface area contributed by atoms with Gasteiger partial charge in [0, 0.05) is 0 Å². The highest BCUT2D eigenvalue weighted by atomic mass is 16.5. The van der Waals surface area contributed by atoms with Crippen LogP contribution in [0.3, 0.4) is 0 Å². The average molecular weight is 192 g/mol. The predicted molar refractivity (Wildman–Crippen MR) is 58.0 cm³/mol. The van der Waals surface area contributed by atoms with Gasteiger partial charge in [-0.1, -0.05) is 18.2 Å². The number of rotatable bonds is 4. The molecule has 1 atom stereocenters. The van der Waals surface area contributed by atoms with Crippen LogP contribution in [0.2, 0.25) is 0 Å². The van der Waals surface area contributed by atoms with Gasteiger partial charge in [0.25, 0.3) is 0 Å². The molecule has 14 heavy (non-hydrogen) atoms. The molecule has 0 aliphatic carbocycles. The van der Waals surface area contributed by atoms with E-state index in [4.69, 9.17) is 10.6 Å². The van der Waals surface area contributed by atoms with Gasteiger partial charge in [-0.15, -0.1) is 6.58 Å². The number of hydrogen-bond acceptors (Lipinski definition) is 3. The summed E-state index contributed by atoms with van der Waals surface area (Å²) in [6, 6.07) is 5.92. The number of hydrogen-bond donors (Lipinski definition) is 2. The summed E-state index contributed by atoms with van der Waals surface area (Å²) in [5, 5.41) is 0. The quantitative estimate of drug-likeness (QED) is 0.433. The zero-order valence-electron chi connectivity index (χ0n) is 8.58. The summed E-state index contributed by atoms with van der Waals surface area (Å²) in [6.07, 6.45) is 1.77. The summed E-state index contributed by atoms with van der Waals surface area (Å²) in [5.74, 6) is 6.27. The predicted octanol–water partition coefficient (Wildman–Crippen LogP) is 1.69. The van der Waals surface area contributed by atoms with Crippen molar-refractivity contribution in [3.8, 4) is 5.75 Å². The minimum atomic E-state index is -0.0143. The molecule has 0 bridgehead atoms. The van der Waals surface area contributed by atoms with E-state index in [0.29, 0.717) is 0 Å². The van der Waals surface area contributed by atoms with E-state index in [0.717, 1.165) is 16.9 Å². The SMILES string of the molecule is C=CC(NN)c1ccc(OC)c(C)c1. The van der Waals surface area contributed by atoms with Gasteiger partial charge in [0.2, 0.25) is 0 Å². The van der Waals surface area contributed by atoms with Crippen LogP contribution in [-0.2, 0) is 0 Å². The van der Waals surface area contributed by atoms with E-state index in [1.54, 1.807) is 13.2 Å². The van der Waals surface area contributed by atoms with Crippen LogP contribution in [0.15, 0.2) is 30.9 Å². The first-order valence-electron chi connectivity index (χ1n) is 4.46. The van der Waals surface area contributed by atoms with E-state index in [1.165, 1.54) is 0 Å². The van der Waals surface area contributed by atoms with Gasteiger partial charge in [-0.2, -0.15) is 0 Å². The van der Waals surface area contributed by atoms with Gasteiger partial charge in [-0.3, -0.25) is 5.84 Å². The molecule has 0 spiro atoms. The number of nitrogens with two attached hydrogens (primary N) is 1. The molecule has 0 amide bonds. The molecule has 0 aromatic heterocycles. The lowest BCUT2D eigenvalue weighted by atomic mass is 10.0. The smallest absolute Gasteiger partial charge is 0.121 e. The lowest BCUT2D eigenvalue weighted by Gasteiger charge is -2.13. The third-order valence-corrected chi connectivity index (χ3v) is 2.19. The Balaban J connectivity index is 3.01. The van der Waals surface area contributed by atoms with Gasteiger partial charge in [0.05, 0.1) is 13.2 Å². The van der Waals surface area contributed by atoms with E-state index in [2.05, 4.69) is 12.0 Å². The fourth-order valence-corrected chi connectivity index (χ4v) is 1.40. The molecule has 76 valence electrons. The van der Waals surface area contributed by atoms with Crippen molar-refractivity contribution in [2.45, 2.75) is 13.0 Å². The van der Waals surface area contributed by atoms with Crippen molar-refractivity contribution in [2.75, 3.05) is 7.11 Å². The standard InChI is InChI=1S/C11H16N2O/c1-4-10(13-12)9-5-6-11(14-3)8(2)7-9/h4-7,10,13H,1,12H2,2-3H3. The summed E-state index contributed by atoms with van der Waals surface area (Å²) in [5.41, 5.74) is 4.85. The molecule has 3 N–H and O–H groups in total. The molecule has 3 heteroatoms. The number of ether oxygens (including phenoxy) is 1. The molecule has 0 aliphatic rings. The minimum absolute atomic E-state index is 0.0143. The third-order valence-electron chi connectivity index (χ3n) is 2.19. The first kappa shape index (κ1) is 10.8. The van der Waals surface area contributed by atoms with E-state index >= 15 is 0 Å². The number of methoxy groups -OCH3 is 1. The molecule has 0 heterocycles. The van der Waals surface area contributed by atoms with Crippen LogP contribution in [0.1, 0.15) is 17.2 Å². The molecular weight excluding hydrogens is 176 g/mol. The largest absolute Gasteiger partial charge is 0.496 e. The van der Waals surface area contributed by atoms with Crippen molar-refractivity contribution in [1.29, 1.82) is 0 Å². The highest BCUT2D eigenvalue weighted by Gasteiger charge is 2.06. The second-order valence-corrected chi connectivity index (χ2v) is 3.11. The van der Waals surface area contributed by atoms with Crippen molar-refractivity contribution in [3.63, 3.8) is 0 Å². The highest BCUT2D eigenvalue weighted by molar-refractivity contribution is 5.38. The monoisotopic (exact) mass is 192 g/mol. The van der Waals surface area contributed by atoms with Crippen LogP contribution >= 0.6 is 0 Å². The number of benzene rings is 1. The Labute approximate surface area is 84.5 Å². The molecule has 1 rings (SSSR count). The molecule has 3 nitrogen and oxygen atoms in total. The van der Waals surface area contributed by atoms with Crippen LogP contribution in [0.25, 0.3) is 0 Å². The number of nitrogens with one attached hydrogen (secondary N) is 1. The first-order chi connectivity index (χ1) is 6.72. The van der Waals surface area contributed by atoms with E-state index in [-0.39, 0.29) is 6.04 Å². The fraction of sp³-hybridized carbons (Fsp3) is 0.273. The van der Waals surface area contributed by atoms with Gasteiger partial charge in [0.1, 0.15) is 5.75 Å². The summed E-state index contributed by atoms with van der Waals surface area (Å²) >= 11 is 0. The molecule has 0 fully saturated rings. The van der Waals surface area contributed by atoms with Crippen molar-refractivity contribution in [1.82, 2.24) is 5.43 Å². The Bertz CT molecular complexity index is 323. The van der Waals surface area contributed by atoms with Crippen LogP contribution in [0.4, 0.5) is 0 Å². The average Bonchev–Trinajstić information content (AvgIpc) is 2.20. The Hall–Kier alpha value is -1.32. The highest BCUT2D eigenvalue weighted by Crippen LogP contribution is 2.22. The molecule has 0 saturated carbocycles. The van der Waals surface area contributed by atoms with Crippen molar-refractivity contribution in [2.24, 2.45) is 5.84 Å². The Morgan fingerprint density at radius 2 is 2.29 bits per heavy atom. The molecule has 1 aromatic carbocycles. The van der Waals surface area contributed by atoms with Crippen LogP contribution < -0.4 is 16.0 Å². The van der Waals surface area contributed by atoms with E-state index < -0.39 is 0 Å². The molecule has 0 aliphatic heterocycles. The van der Waals surface area contributed by atoms with Crippen LogP contribution in [0, 0.1) is 6.92 Å². The van der Waals surface area contributed by atoms with Crippen LogP contribution in [0.5, 0.6) is 5.75 Å². The normalized spacial score (nSPS) is 12.2. The summed E-state index contributed by atoms with van der Waals surface area (Å²) in [7, 11) is 1.66. The second-order valence-electron chi connectivity index (χ2n) is 3.11. The van der Waals surface area contributed by atoms with Gasteiger partial charge in [0.15, 0.2) is 0 Å². The molecule has 0 saturated heterocycles. The maximum absolute atomic E-state index is 5.38. The van der Waals surface area contributed by atoms with E-state index in [9.17, 15) is 0 Å². The maximum Gasteiger partial charge on any atom is 0.121 e. The van der Waals surface area contributed by atoms with Gasteiger partial charge >= 0.3 is 0 Å². The number of aryl methyl sites for hydroxylation is 1. The van der Waals surface area contributed by atoms with Gasteiger partial charge < -0.3 is 4.74 Å². The topological polar surface area (TPSA) is 47.3 Å². The third kappa shape index (κ3) is 2.13. The number of hydrazine groups is 1. The minimum Gasteiger partial charge on any atom is -0.496 e. The Morgan fingerprint density at radius 1 is 1.57 bits per heavy atom. The van der Waals surface area contributed by atoms with Crippen LogP contribution in [-0.4, -0.2) is 7.11 Å². The van der Waals surface area contributed by atoms with Crippen molar-refractivity contribution in [3.05, 3.63) is 42.0 Å². The van der Waals surface area contributed by atoms with Gasteiger partial charge in [-0.25, -0.2) is 5.43 Å². The zero-order valence-corrected chi connectivity index (χ0v) is 8.58. The van der Waals surface area contributed by atoms with Crippen molar-refractivity contribution < 1.29 is 4.74 Å². The Morgan fingerprint density at radius 3 is 2.71 bits per heavy atom. The van der Waals surface area contributed by atoms with Gasteiger partial charge in [-0.05, 0) is 24.1 Å². The Kier molecular flexibility index (Phi) is 3.68. The zero-order chi connectivity index (χ0) is 10.6. The summed E-state index contributed by atoms with van der Waals surface area (Å²) in [6.45, 7) is 5.71. The molecule has 1 unspecified atom stereocenters. The second kappa shape index (κ2) is 4.79. The first-order valence-corrected chi connectivity index (χ1v) is 4.46. The lowest BCUT2D eigenvalue weighted by Crippen LogP contribution is -2.26. The fourth-order valence-electron chi connectivity index (χ4n) is 1.40. The van der Waals surface area contributed by atoms with E-state index in [1.807, 2.05) is 25.1 Å². The molecular formula is C11H16N2O. The lowest BCUT2D eigenvalue weighted by molar-refractivity contribution is 0.411. The molecule has 1 aromatic rings.